The van der Waals surface area contributed by atoms with Crippen LogP contribution in [0.15, 0.2) is 24.3 Å². The minimum Gasteiger partial charge on any atom is -0.481 e. The molecule has 2 aromatic carbocycles. The fourth-order valence-electron chi connectivity index (χ4n) is 4.65. The van der Waals surface area contributed by atoms with Crippen molar-refractivity contribution in [1.29, 1.82) is 0 Å². The summed E-state index contributed by atoms with van der Waals surface area (Å²) >= 11 is 0. The van der Waals surface area contributed by atoms with Crippen molar-refractivity contribution >= 4 is 35.6 Å². The van der Waals surface area contributed by atoms with E-state index in [9.17, 15) is 28.8 Å². The highest BCUT2D eigenvalue weighted by Gasteiger charge is 2.38. The van der Waals surface area contributed by atoms with Gasteiger partial charge in [-0.05, 0) is 73.2 Å². The normalized spacial score (nSPS) is 14.5. The van der Waals surface area contributed by atoms with E-state index >= 15 is 0 Å². The van der Waals surface area contributed by atoms with Crippen LogP contribution in [0, 0.1) is 13.8 Å². The van der Waals surface area contributed by atoms with Gasteiger partial charge in [-0.25, -0.2) is 0 Å². The topological polar surface area (TPSA) is 149 Å². The number of fused-ring (bicyclic) bond motifs is 2. The first-order valence-corrected chi connectivity index (χ1v) is 11.5. The number of rotatable bonds is 9. The average molecular weight is 492 g/mol. The molecule has 2 N–H and O–H groups in total. The van der Waals surface area contributed by atoms with Gasteiger partial charge < -0.3 is 10.2 Å². The molecule has 0 fully saturated rings. The number of amides is 4. The lowest BCUT2D eigenvalue weighted by Gasteiger charge is -2.13. The van der Waals surface area contributed by atoms with Gasteiger partial charge in [0.2, 0.25) is 0 Å². The number of nitrogens with zero attached hydrogens (tertiary/aromatic N) is 2. The number of aliphatic carboxylic acids is 2. The molecule has 0 saturated heterocycles. The molecule has 36 heavy (non-hydrogen) atoms. The zero-order valence-electron chi connectivity index (χ0n) is 19.8. The molecule has 4 amide bonds. The highest BCUT2D eigenvalue weighted by molar-refractivity contribution is 6.23. The number of imide groups is 2. The Morgan fingerprint density at radius 1 is 0.583 bits per heavy atom. The average Bonchev–Trinajstić information content (AvgIpc) is 3.17. The Bertz CT molecular complexity index is 1260. The minimum absolute atomic E-state index is 0.000767. The Kier molecular flexibility index (Phi) is 6.45. The van der Waals surface area contributed by atoms with Crippen molar-refractivity contribution in [3.05, 3.63) is 57.6 Å². The maximum atomic E-state index is 12.9. The number of benzene rings is 2. The monoisotopic (exact) mass is 492 g/mol. The van der Waals surface area contributed by atoms with Gasteiger partial charge in [0.15, 0.2) is 0 Å². The number of aryl methyl sites for hydroxylation is 2. The molecular weight excluding hydrogens is 468 g/mol. The third-order valence-electron chi connectivity index (χ3n) is 6.47. The Balaban J connectivity index is 1.66. The molecule has 0 aromatic heterocycles. The van der Waals surface area contributed by atoms with Crippen LogP contribution in [0.25, 0.3) is 11.1 Å². The smallest absolute Gasteiger partial charge is 0.303 e. The van der Waals surface area contributed by atoms with Crippen LogP contribution in [0.5, 0.6) is 0 Å². The lowest BCUT2D eigenvalue weighted by molar-refractivity contribution is -0.138. The van der Waals surface area contributed by atoms with E-state index in [1.165, 1.54) is 0 Å². The van der Waals surface area contributed by atoms with Gasteiger partial charge in [0, 0.05) is 25.9 Å². The van der Waals surface area contributed by atoms with Crippen molar-refractivity contribution in [2.45, 2.75) is 39.5 Å². The highest BCUT2D eigenvalue weighted by atomic mass is 16.4. The number of carboxylic acids is 2. The summed E-state index contributed by atoms with van der Waals surface area (Å²) in [4.78, 5) is 75.1. The molecule has 0 saturated carbocycles. The number of carboxylic acid groups (broad SMARTS) is 2. The number of carbonyl (C=O) groups is 6. The maximum absolute atomic E-state index is 12.9. The zero-order chi connectivity index (χ0) is 26.3. The summed E-state index contributed by atoms with van der Waals surface area (Å²) in [5.74, 6) is -3.97. The summed E-state index contributed by atoms with van der Waals surface area (Å²) in [5.41, 5.74) is 3.54. The SMILES string of the molecule is Cc1cc2c(cc1-c1cc3c(cc1C)C(=O)N(CCCC(=O)O)C3=O)C(=O)N(CCCC(=O)O)C2=O. The lowest BCUT2D eigenvalue weighted by Crippen LogP contribution is -2.31. The second kappa shape index (κ2) is 9.37. The van der Waals surface area contributed by atoms with E-state index in [1.807, 2.05) is 0 Å². The zero-order valence-corrected chi connectivity index (χ0v) is 19.8. The fraction of sp³-hybridized carbons (Fsp3) is 0.308. The van der Waals surface area contributed by atoms with Crippen molar-refractivity contribution in [2.75, 3.05) is 13.1 Å². The van der Waals surface area contributed by atoms with Gasteiger partial charge in [-0.15, -0.1) is 0 Å². The van der Waals surface area contributed by atoms with E-state index in [0.717, 1.165) is 9.80 Å². The molecule has 0 spiro atoms. The van der Waals surface area contributed by atoms with Gasteiger partial charge in [0.25, 0.3) is 23.6 Å². The molecule has 4 rings (SSSR count). The van der Waals surface area contributed by atoms with Gasteiger partial charge in [-0.2, -0.15) is 0 Å². The summed E-state index contributed by atoms with van der Waals surface area (Å²) in [7, 11) is 0. The third-order valence-corrected chi connectivity index (χ3v) is 6.47. The van der Waals surface area contributed by atoms with Crippen LogP contribution >= 0.6 is 0 Å². The Morgan fingerprint density at radius 3 is 1.19 bits per heavy atom. The number of carbonyl (C=O) groups excluding carboxylic acids is 4. The largest absolute Gasteiger partial charge is 0.481 e. The van der Waals surface area contributed by atoms with Crippen molar-refractivity contribution in [2.24, 2.45) is 0 Å². The van der Waals surface area contributed by atoms with Gasteiger partial charge >= 0.3 is 11.9 Å². The van der Waals surface area contributed by atoms with E-state index < -0.39 is 35.6 Å². The molecule has 10 heteroatoms. The summed E-state index contributed by atoms with van der Waals surface area (Å²) in [6, 6.07) is 6.42. The molecule has 0 aliphatic carbocycles. The summed E-state index contributed by atoms with van der Waals surface area (Å²) in [6.07, 6.45) is -0.0243. The third kappa shape index (κ3) is 4.26. The second-order valence-corrected chi connectivity index (χ2v) is 8.94. The van der Waals surface area contributed by atoms with Gasteiger partial charge in [-0.1, -0.05) is 0 Å². The predicted octanol–water partition coefficient (Wildman–Crippen LogP) is 2.89. The molecule has 0 radical (unpaired) electrons. The van der Waals surface area contributed by atoms with Crippen molar-refractivity contribution in [3.63, 3.8) is 0 Å². The molecule has 0 unspecified atom stereocenters. The molecular formula is C26H24N2O8. The van der Waals surface area contributed by atoms with Crippen LogP contribution in [-0.4, -0.2) is 68.7 Å². The van der Waals surface area contributed by atoms with Gasteiger partial charge in [-0.3, -0.25) is 38.6 Å². The van der Waals surface area contributed by atoms with Crippen LogP contribution < -0.4 is 0 Å². The second-order valence-electron chi connectivity index (χ2n) is 8.94. The first kappa shape index (κ1) is 24.8. The standard InChI is InChI=1S/C26H24N2O8/c1-13-9-17-19(25(35)27(23(17)33)7-3-5-21(29)30)11-15(13)16-12-20-18(10-14(16)2)24(34)28(26(20)36)8-4-6-22(31)32/h9-12H,3-8H2,1-2H3,(H,29,30)(H,31,32). The first-order chi connectivity index (χ1) is 17.0. The van der Waals surface area contributed by atoms with Crippen LogP contribution in [0.2, 0.25) is 0 Å². The molecule has 0 bridgehead atoms. The highest BCUT2D eigenvalue weighted by Crippen LogP contribution is 2.36. The number of hydrogen-bond acceptors (Lipinski definition) is 6. The van der Waals surface area contributed by atoms with E-state index in [-0.39, 0.29) is 61.0 Å². The lowest BCUT2D eigenvalue weighted by atomic mass is 9.90. The summed E-state index contributed by atoms with van der Waals surface area (Å²) in [6.45, 7) is 3.55. The van der Waals surface area contributed by atoms with Crippen LogP contribution in [0.1, 0.15) is 78.2 Å². The van der Waals surface area contributed by atoms with Crippen molar-refractivity contribution < 1.29 is 39.0 Å². The molecule has 2 aliphatic rings. The van der Waals surface area contributed by atoms with E-state index in [2.05, 4.69) is 0 Å². The number of hydrogen-bond donors (Lipinski definition) is 2. The van der Waals surface area contributed by atoms with Crippen molar-refractivity contribution in [3.8, 4) is 11.1 Å². The molecule has 2 heterocycles. The predicted molar refractivity (Wildman–Crippen MR) is 126 cm³/mol. The maximum Gasteiger partial charge on any atom is 0.303 e. The van der Waals surface area contributed by atoms with Crippen LogP contribution in [0.4, 0.5) is 0 Å². The van der Waals surface area contributed by atoms with E-state index in [4.69, 9.17) is 10.2 Å². The van der Waals surface area contributed by atoms with Crippen LogP contribution in [0.3, 0.4) is 0 Å². The van der Waals surface area contributed by atoms with Crippen molar-refractivity contribution in [1.82, 2.24) is 9.80 Å². The quantitative estimate of drug-likeness (QED) is 0.508. The first-order valence-electron chi connectivity index (χ1n) is 11.5. The van der Waals surface area contributed by atoms with Gasteiger partial charge in [0.1, 0.15) is 0 Å². The fourth-order valence-corrected chi connectivity index (χ4v) is 4.65. The summed E-state index contributed by atoms with van der Waals surface area (Å²) in [5, 5.41) is 17.7. The molecule has 186 valence electrons. The molecule has 2 aliphatic heterocycles. The molecule has 0 atom stereocenters. The Labute approximate surface area is 206 Å². The summed E-state index contributed by atoms with van der Waals surface area (Å²) < 4.78 is 0. The van der Waals surface area contributed by atoms with E-state index in [1.54, 1.807) is 38.1 Å². The Morgan fingerprint density at radius 2 is 0.889 bits per heavy atom. The van der Waals surface area contributed by atoms with E-state index in [0.29, 0.717) is 22.3 Å². The Hall–Kier alpha value is -4.34. The van der Waals surface area contributed by atoms with Crippen LogP contribution in [-0.2, 0) is 9.59 Å². The molecule has 2 aromatic rings. The van der Waals surface area contributed by atoms with Gasteiger partial charge in [0.05, 0.1) is 22.3 Å². The minimum atomic E-state index is -1.01. The molecule has 10 nitrogen and oxygen atoms in total.